The largest absolute Gasteiger partial charge is 0.299 e. The van der Waals surface area contributed by atoms with E-state index in [1.165, 1.54) is 70.0 Å². The van der Waals surface area contributed by atoms with Crippen molar-refractivity contribution in [2.24, 2.45) is 0 Å². The van der Waals surface area contributed by atoms with Gasteiger partial charge in [-0.15, -0.1) is 0 Å². The van der Waals surface area contributed by atoms with Gasteiger partial charge in [0, 0.05) is 24.2 Å². The smallest absolute Gasteiger partial charge is 0.0370 e. The van der Waals surface area contributed by atoms with E-state index in [1.54, 1.807) is 0 Å². The average Bonchev–Trinajstić information content (AvgIpc) is 3.04. The Hall–Kier alpha value is -0.860. The third kappa shape index (κ3) is 4.28. The van der Waals surface area contributed by atoms with E-state index in [0.29, 0.717) is 6.04 Å². The van der Waals surface area contributed by atoms with Gasteiger partial charge in [-0.25, -0.2) is 0 Å². The summed E-state index contributed by atoms with van der Waals surface area (Å²) in [4.78, 5) is 5.76. The van der Waals surface area contributed by atoms with Crippen molar-refractivity contribution in [3.8, 4) is 0 Å². The Bertz CT molecular complexity index is 492. The van der Waals surface area contributed by atoms with Gasteiger partial charge >= 0.3 is 0 Å². The summed E-state index contributed by atoms with van der Waals surface area (Å²) in [6.07, 6.45) is 10.8. The van der Waals surface area contributed by atoms with E-state index < -0.39 is 0 Å². The zero-order valence-electron chi connectivity index (χ0n) is 16.7. The Balaban J connectivity index is 1.83. The fourth-order valence-corrected chi connectivity index (χ4v) is 5.23. The Morgan fingerprint density at radius 3 is 2.32 bits per heavy atom. The predicted octanol–water partition coefficient (Wildman–Crippen LogP) is 5.65. The highest BCUT2D eigenvalue weighted by atomic mass is 15.3. The fourth-order valence-electron chi connectivity index (χ4n) is 5.23. The molecule has 25 heavy (non-hydrogen) atoms. The first-order valence-corrected chi connectivity index (χ1v) is 10.8. The number of rotatable bonds is 8. The summed E-state index contributed by atoms with van der Waals surface area (Å²) in [5, 5.41) is 0. The molecule has 2 heteroatoms. The molecule has 140 valence electrons. The maximum absolute atomic E-state index is 2.90. The van der Waals surface area contributed by atoms with Gasteiger partial charge in [0.25, 0.3) is 0 Å². The number of fused-ring (bicyclic) bond motifs is 1. The minimum Gasteiger partial charge on any atom is -0.299 e. The first kappa shape index (κ1) is 18.9. The van der Waals surface area contributed by atoms with E-state index in [1.807, 2.05) is 0 Å². The third-order valence-corrected chi connectivity index (χ3v) is 6.53. The lowest BCUT2D eigenvalue weighted by Gasteiger charge is -2.42. The van der Waals surface area contributed by atoms with Crippen molar-refractivity contribution in [2.45, 2.75) is 96.3 Å². The van der Waals surface area contributed by atoms with Crippen LogP contribution < -0.4 is 0 Å². The lowest BCUT2D eigenvalue weighted by atomic mass is 9.94. The first-order valence-electron chi connectivity index (χ1n) is 10.8. The van der Waals surface area contributed by atoms with Gasteiger partial charge in [-0.3, -0.25) is 9.80 Å². The standard InChI is InChI=1S/C23H38N2/c1-4-6-16-24(17-7-5-2)23-18-22(20-13-9-8-10-14-20)25-19(3)12-11-15-21(23)25/h8-10,13-14,19,21-23H,4-7,11-12,15-18H2,1-3H3. The molecule has 2 aliphatic rings. The quantitative estimate of drug-likeness (QED) is 0.603. The van der Waals surface area contributed by atoms with Crippen molar-refractivity contribution in [3.63, 3.8) is 0 Å². The summed E-state index contributed by atoms with van der Waals surface area (Å²) < 4.78 is 0. The summed E-state index contributed by atoms with van der Waals surface area (Å²) in [5.41, 5.74) is 1.54. The number of hydrogen-bond donors (Lipinski definition) is 0. The molecule has 0 bridgehead atoms. The molecule has 2 fully saturated rings. The molecular formula is C23H38N2. The van der Waals surface area contributed by atoms with Crippen LogP contribution in [-0.4, -0.2) is 41.0 Å². The maximum Gasteiger partial charge on any atom is 0.0370 e. The second-order valence-electron chi connectivity index (χ2n) is 8.27. The van der Waals surface area contributed by atoms with E-state index in [0.717, 1.165) is 18.1 Å². The lowest BCUT2D eigenvalue weighted by Crippen LogP contribution is -2.50. The number of piperidine rings is 1. The minimum atomic E-state index is 0.622. The van der Waals surface area contributed by atoms with Gasteiger partial charge in [0.1, 0.15) is 0 Å². The van der Waals surface area contributed by atoms with Crippen LogP contribution in [0.2, 0.25) is 0 Å². The van der Waals surface area contributed by atoms with Crippen LogP contribution in [0.15, 0.2) is 30.3 Å². The number of benzene rings is 1. The van der Waals surface area contributed by atoms with Crippen LogP contribution in [0.4, 0.5) is 0 Å². The molecule has 0 aromatic heterocycles. The summed E-state index contributed by atoms with van der Waals surface area (Å²) in [6, 6.07) is 14.2. The number of hydrogen-bond acceptors (Lipinski definition) is 2. The number of unbranched alkanes of at least 4 members (excludes halogenated alkanes) is 2. The number of nitrogens with zero attached hydrogens (tertiary/aromatic N) is 2. The molecule has 3 rings (SSSR count). The van der Waals surface area contributed by atoms with Crippen LogP contribution in [0.3, 0.4) is 0 Å². The molecular weight excluding hydrogens is 304 g/mol. The highest BCUT2D eigenvalue weighted by Crippen LogP contribution is 2.45. The Labute approximate surface area is 155 Å². The molecule has 2 aliphatic heterocycles. The highest BCUT2D eigenvalue weighted by Gasteiger charge is 2.46. The van der Waals surface area contributed by atoms with Gasteiger partial charge in [0.2, 0.25) is 0 Å². The van der Waals surface area contributed by atoms with E-state index >= 15 is 0 Å². The maximum atomic E-state index is 2.90. The first-order chi connectivity index (χ1) is 12.3. The van der Waals surface area contributed by atoms with Crippen LogP contribution in [0.5, 0.6) is 0 Å². The van der Waals surface area contributed by atoms with E-state index in [-0.39, 0.29) is 0 Å². The molecule has 0 saturated carbocycles. The van der Waals surface area contributed by atoms with E-state index in [4.69, 9.17) is 0 Å². The van der Waals surface area contributed by atoms with Crippen molar-refractivity contribution in [1.82, 2.24) is 9.80 Å². The molecule has 0 aliphatic carbocycles. The monoisotopic (exact) mass is 342 g/mol. The molecule has 0 spiro atoms. The van der Waals surface area contributed by atoms with Crippen LogP contribution in [0, 0.1) is 0 Å². The van der Waals surface area contributed by atoms with Gasteiger partial charge in [-0.05, 0) is 57.7 Å². The molecule has 2 nitrogen and oxygen atoms in total. The molecule has 0 N–H and O–H groups in total. The van der Waals surface area contributed by atoms with Gasteiger partial charge in [-0.1, -0.05) is 63.4 Å². The molecule has 1 aromatic carbocycles. The zero-order valence-corrected chi connectivity index (χ0v) is 16.7. The highest BCUT2D eigenvalue weighted by molar-refractivity contribution is 5.23. The van der Waals surface area contributed by atoms with E-state index in [2.05, 4.69) is 60.9 Å². The van der Waals surface area contributed by atoms with Crippen LogP contribution in [0.25, 0.3) is 0 Å². The Morgan fingerprint density at radius 1 is 1.00 bits per heavy atom. The average molecular weight is 343 g/mol. The molecule has 4 atom stereocenters. The van der Waals surface area contributed by atoms with Crippen molar-refractivity contribution in [1.29, 1.82) is 0 Å². The van der Waals surface area contributed by atoms with Crippen LogP contribution in [0.1, 0.15) is 83.7 Å². The topological polar surface area (TPSA) is 6.48 Å². The van der Waals surface area contributed by atoms with Crippen molar-refractivity contribution in [2.75, 3.05) is 13.1 Å². The summed E-state index contributed by atoms with van der Waals surface area (Å²) in [7, 11) is 0. The van der Waals surface area contributed by atoms with Crippen LogP contribution in [-0.2, 0) is 0 Å². The normalized spacial score (nSPS) is 29.9. The minimum absolute atomic E-state index is 0.622. The molecule has 2 heterocycles. The van der Waals surface area contributed by atoms with Crippen molar-refractivity contribution < 1.29 is 0 Å². The Kier molecular flexibility index (Phi) is 6.95. The molecule has 4 unspecified atom stereocenters. The molecule has 0 amide bonds. The van der Waals surface area contributed by atoms with Gasteiger partial charge in [0.05, 0.1) is 0 Å². The second kappa shape index (κ2) is 9.19. The van der Waals surface area contributed by atoms with Gasteiger partial charge in [-0.2, -0.15) is 0 Å². The van der Waals surface area contributed by atoms with Gasteiger partial charge in [0.15, 0.2) is 0 Å². The summed E-state index contributed by atoms with van der Waals surface area (Å²) >= 11 is 0. The van der Waals surface area contributed by atoms with Crippen molar-refractivity contribution >= 4 is 0 Å². The molecule has 2 saturated heterocycles. The second-order valence-corrected chi connectivity index (χ2v) is 8.27. The Morgan fingerprint density at radius 2 is 1.68 bits per heavy atom. The summed E-state index contributed by atoms with van der Waals surface area (Å²) in [5.74, 6) is 0. The van der Waals surface area contributed by atoms with Gasteiger partial charge < -0.3 is 0 Å². The zero-order chi connectivity index (χ0) is 17.6. The lowest BCUT2D eigenvalue weighted by molar-refractivity contribution is 0.0607. The third-order valence-electron chi connectivity index (χ3n) is 6.53. The molecule has 1 aromatic rings. The fraction of sp³-hybridized carbons (Fsp3) is 0.739. The predicted molar refractivity (Wildman–Crippen MR) is 108 cm³/mol. The molecule has 0 radical (unpaired) electrons. The summed E-state index contributed by atoms with van der Waals surface area (Å²) in [6.45, 7) is 9.71. The SMILES string of the molecule is CCCCN(CCCC)C1CC(c2ccccc2)N2C(C)CCCC12. The van der Waals surface area contributed by atoms with E-state index in [9.17, 15) is 0 Å². The van der Waals surface area contributed by atoms with Crippen LogP contribution >= 0.6 is 0 Å². The van der Waals surface area contributed by atoms with Crippen molar-refractivity contribution in [3.05, 3.63) is 35.9 Å².